The van der Waals surface area contributed by atoms with E-state index < -0.39 is 0 Å². The van der Waals surface area contributed by atoms with Gasteiger partial charge in [-0.2, -0.15) is 0 Å². The van der Waals surface area contributed by atoms with Gasteiger partial charge in [0.2, 0.25) is 5.91 Å². The molecule has 0 aromatic rings. The Balaban J connectivity index is 3.32. The molecule has 0 aromatic heterocycles. The molecule has 0 bridgehead atoms. The molecule has 0 heterocycles. The molecule has 0 aliphatic heterocycles. The van der Waals surface area contributed by atoms with Crippen molar-refractivity contribution in [3.05, 3.63) is 0 Å². The van der Waals surface area contributed by atoms with Gasteiger partial charge in [0.15, 0.2) is 0 Å². The Morgan fingerprint density at radius 3 is 2.73 bits per heavy atom. The Kier molecular flexibility index (Phi) is 9.52. The average Bonchev–Trinajstić information content (AvgIpc) is 2.17. The number of unbranched alkanes of at least 4 members (excludes halogenated alkanes) is 2. The van der Waals surface area contributed by atoms with Crippen molar-refractivity contribution >= 4 is 5.91 Å². The van der Waals surface area contributed by atoms with Crippen LogP contribution in [0.4, 0.5) is 0 Å². The predicted molar refractivity (Wildman–Crippen MR) is 61.9 cm³/mol. The molecule has 1 atom stereocenters. The first kappa shape index (κ1) is 14.4. The quantitative estimate of drug-likeness (QED) is 0.563. The zero-order valence-corrected chi connectivity index (χ0v) is 10.1. The summed E-state index contributed by atoms with van der Waals surface area (Å²) in [6.07, 6.45) is 3.56. The van der Waals surface area contributed by atoms with Gasteiger partial charge in [0, 0.05) is 13.2 Å². The van der Waals surface area contributed by atoms with Crippen LogP contribution in [0.2, 0.25) is 0 Å². The van der Waals surface area contributed by atoms with E-state index in [0.29, 0.717) is 13.2 Å². The zero-order valence-electron chi connectivity index (χ0n) is 10.1. The summed E-state index contributed by atoms with van der Waals surface area (Å²) in [6.45, 7) is 5.97. The second-order valence-corrected chi connectivity index (χ2v) is 3.81. The van der Waals surface area contributed by atoms with E-state index in [0.717, 1.165) is 13.0 Å². The van der Waals surface area contributed by atoms with Gasteiger partial charge >= 0.3 is 0 Å². The van der Waals surface area contributed by atoms with Crippen molar-refractivity contribution in [2.75, 3.05) is 26.8 Å². The minimum Gasteiger partial charge on any atom is -0.383 e. The molecule has 0 rings (SSSR count). The summed E-state index contributed by atoms with van der Waals surface area (Å²) in [5.41, 5.74) is 0. The van der Waals surface area contributed by atoms with Crippen molar-refractivity contribution in [1.29, 1.82) is 0 Å². The van der Waals surface area contributed by atoms with Gasteiger partial charge in [0.25, 0.3) is 0 Å². The summed E-state index contributed by atoms with van der Waals surface area (Å²) in [7, 11) is 1.63. The molecule has 90 valence electrons. The van der Waals surface area contributed by atoms with Crippen LogP contribution in [0.5, 0.6) is 0 Å². The van der Waals surface area contributed by atoms with Crippen molar-refractivity contribution in [2.24, 2.45) is 0 Å². The minimum atomic E-state index is 0.0380. The highest BCUT2D eigenvalue weighted by molar-refractivity contribution is 5.78. The van der Waals surface area contributed by atoms with Crippen LogP contribution in [0.15, 0.2) is 0 Å². The summed E-state index contributed by atoms with van der Waals surface area (Å²) in [5, 5.41) is 5.96. The fourth-order valence-electron chi connectivity index (χ4n) is 1.32. The molecule has 2 N–H and O–H groups in total. The van der Waals surface area contributed by atoms with Crippen LogP contribution in [-0.2, 0) is 9.53 Å². The molecule has 0 radical (unpaired) electrons. The molecule has 1 unspecified atom stereocenters. The summed E-state index contributed by atoms with van der Waals surface area (Å²) in [4.78, 5) is 11.3. The molecule has 0 saturated heterocycles. The molecule has 1 amide bonds. The number of ether oxygens (including phenoxy) is 1. The van der Waals surface area contributed by atoms with Crippen LogP contribution in [0, 0.1) is 0 Å². The number of nitrogens with one attached hydrogen (secondary N) is 2. The number of methoxy groups -OCH3 is 1. The smallest absolute Gasteiger partial charge is 0.234 e. The third-order valence-corrected chi connectivity index (χ3v) is 2.07. The summed E-state index contributed by atoms with van der Waals surface area (Å²) in [6, 6.07) is 0.0833. The Bertz CT molecular complexity index is 163. The lowest BCUT2D eigenvalue weighted by Gasteiger charge is -2.12. The van der Waals surface area contributed by atoms with Gasteiger partial charge in [-0.1, -0.05) is 19.8 Å². The molecule has 0 aliphatic carbocycles. The highest BCUT2D eigenvalue weighted by Gasteiger charge is 2.05. The highest BCUT2D eigenvalue weighted by atomic mass is 16.5. The van der Waals surface area contributed by atoms with Crippen molar-refractivity contribution in [3.8, 4) is 0 Å². The molecule has 15 heavy (non-hydrogen) atoms. The van der Waals surface area contributed by atoms with E-state index in [9.17, 15) is 4.79 Å². The number of hydrogen-bond acceptors (Lipinski definition) is 3. The fourth-order valence-corrected chi connectivity index (χ4v) is 1.32. The van der Waals surface area contributed by atoms with Crippen LogP contribution in [0.25, 0.3) is 0 Å². The number of carbonyl (C=O) groups is 1. The van der Waals surface area contributed by atoms with Gasteiger partial charge in [-0.25, -0.2) is 0 Å². The topological polar surface area (TPSA) is 50.4 Å². The van der Waals surface area contributed by atoms with Crippen LogP contribution >= 0.6 is 0 Å². The van der Waals surface area contributed by atoms with Crippen LogP contribution < -0.4 is 10.6 Å². The first-order valence-corrected chi connectivity index (χ1v) is 5.69. The Morgan fingerprint density at radius 1 is 1.40 bits per heavy atom. The van der Waals surface area contributed by atoms with Crippen LogP contribution in [0.3, 0.4) is 0 Å². The lowest BCUT2D eigenvalue weighted by atomic mass is 10.2. The Morgan fingerprint density at radius 2 is 2.13 bits per heavy atom. The third-order valence-electron chi connectivity index (χ3n) is 2.07. The fraction of sp³-hybridized carbons (Fsp3) is 0.909. The van der Waals surface area contributed by atoms with Gasteiger partial charge in [0.05, 0.1) is 13.2 Å². The first-order valence-electron chi connectivity index (χ1n) is 5.69. The van der Waals surface area contributed by atoms with E-state index in [1.165, 1.54) is 12.8 Å². The monoisotopic (exact) mass is 216 g/mol. The molecule has 4 heteroatoms. The zero-order chi connectivity index (χ0) is 11.5. The van der Waals surface area contributed by atoms with Crippen LogP contribution in [0.1, 0.15) is 33.1 Å². The lowest BCUT2D eigenvalue weighted by Crippen LogP contribution is -2.41. The van der Waals surface area contributed by atoms with Gasteiger partial charge in [0.1, 0.15) is 0 Å². The Hall–Kier alpha value is -0.610. The first-order chi connectivity index (χ1) is 7.20. The summed E-state index contributed by atoms with van der Waals surface area (Å²) in [5.74, 6) is 0.0380. The molecule has 0 spiro atoms. The highest BCUT2D eigenvalue weighted by Crippen LogP contribution is 1.90. The molecule has 0 saturated carbocycles. The van der Waals surface area contributed by atoms with E-state index in [-0.39, 0.29) is 11.9 Å². The normalized spacial score (nSPS) is 12.5. The van der Waals surface area contributed by atoms with Crippen molar-refractivity contribution in [1.82, 2.24) is 10.6 Å². The molecule has 0 fully saturated rings. The molecule has 0 aliphatic rings. The second-order valence-electron chi connectivity index (χ2n) is 3.81. The van der Waals surface area contributed by atoms with Crippen molar-refractivity contribution in [2.45, 2.75) is 39.2 Å². The standard InChI is InChI=1S/C11H24N2O2/c1-4-5-6-7-12-8-11(14)13-10(2)9-15-3/h10,12H,4-9H2,1-3H3,(H,13,14). The Labute approximate surface area is 92.8 Å². The SMILES string of the molecule is CCCCCNCC(=O)NC(C)COC. The largest absolute Gasteiger partial charge is 0.383 e. The van der Waals surface area contributed by atoms with E-state index in [1.54, 1.807) is 7.11 Å². The van der Waals surface area contributed by atoms with Crippen molar-refractivity contribution in [3.63, 3.8) is 0 Å². The average molecular weight is 216 g/mol. The predicted octanol–water partition coefficient (Wildman–Crippen LogP) is 0.917. The molecular weight excluding hydrogens is 192 g/mol. The number of amides is 1. The van der Waals surface area contributed by atoms with Gasteiger partial charge in [-0.15, -0.1) is 0 Å². The number of carbonyl (C=O) groups excluding carboxylic acids is 1. The van der Waals surface area contributed by atoms with E-state index in [4.69, 9.17) is 4.74 Å². The number of hydrogen-bond donors (Lipinski definition) is 2. The lowest BCUT2D eigenvalue weighted by molar-refractivity contribution is -0.121. The van der Waals surface area contributed by atoms with E-state index in [2.05, 4.69) is 17.6 Å². The number of rotatable bonds is 9. The summed E-state index contributed by atoms with van der Waals surface area (Å²) < 4.78 is 4.93. The van der Waals surface area contributed by atoms with Crippen molar-refractivity contribution < 1.29 is 9.53 Å². The maximum atomic E-state index is 11.3. The third kappa shape index (κ3) is 9.69. The molecule has 0 aromatic carbocycles. The second kappa shape index (κ2) is 9.93. The van der Waals surface area contributed by atoms with Crippen LogP contribution in [-0.4, -0.2) is 38.8 Å². The maximum Gasteiger partial charge on any atom is 0.234 e. The van der Waals surface area contributed by atoms with Gasteiger partial charge in [-0.05, 0) is 19.9 Å². The van der Waals surface area contributed by atoms with E-state index >= 15 is 0 Å². The minimum absolute atomic E-state index is 0.0380. The van der Waals surface area contributed by atoms with E-state index in [1.807, 2.05) is 6.92 Å². The maximum absolute atomic E-state index is 11.3. The molecular formula is C11H24N2O2. The summed E-state index contributed by atoms with van der Waals surface area (Å²) >= 11 is 0. The van der Waals surface area contributed by atoms with Gasteiger partial charge in [-0.3, -0.25) is 4.79 Å². The molecule has 4 nitrogen and oxygen atoms in total. The van der Waals surface area contributed by atoms with Gasteiger partial charge < -0.3 is 15.4 Å².